The number of hydrogen-bond acceptors (Lipinski definition) is 6. The molecule has 310 valence electrons. The van der Waals surface area contributed by atoms with E-state index in [9.17, 15) is 14.4 Å². The first-order valence-electron chi connectivity index (χ1n) is 22.4. The molecule has 1 atom stereocenters. The third-order valence-corrected chi connectivity index (χ3v) is 9.41. The summed E-state index contributed by atoms with van der Waals surface area (Å²) in [5.74, 6) is -0.974. The molecule has 1 unspecified atom stereocenters. The standard InChI is InChI=1S/C48H82O6/c1-4-7-10-13-16-19-22-24-27-29-32-35-38-41-47(50)53-44-45(43-52-46(49)40-37-34-31-28-25-21-18-15-12-9-6-3)54-48(51)42-39-36-33-30-26-23-20-17-14-11-8-5-2/h7,10,13,16,19,22,24,27,29,32,45H,4-6,8-9,11-12,14-15,17-18,20-21,23,25-26,28,30-31,33-44H2,1-3H3/b10-7-,16-13-,22-19-,27-24-,32-29-. The van der Waals surface area contributed by atoms with E-state index in [-0.39, 0.29) is 37.5 Å². The topological polar surface area (TPSA) is 78.9 Å². The van der Waals surface area contributed by atoms with Gasteiger partial charge >= 0.3 is 17.9 Å². The van der Waals surface area contributed by atoms with Gasteiger partial charge in [-0.05, 0) is 32.1 Å². The molecule has 0 aromatic rings. The highest BCUT2D eigenvalue weighted by Crippen LogP contribution is 2.15. The van der Waals surface area contributed by atoms with Crippen LogP contribution >= 0.6 is 0 Å². The molecule has 0 bridgehead atoms. The molecule has 54 heavy (non-hydrogen) atoms. The van der Waals surface area contributed by atoms with Crippen molar-refractivity contribution in [1.82, 2.24) is 0 Å². The third-order valence-electron chi connectivity index (χ3n) is 9.41. The van der Waals surface area contributed by atoms with Gasteiger partial charge in [0.15, 0.2) is 6.10 Å². The molecule has 0 saturated carbocycles. The zero-order chi connectivity index (χ0) is 39.4. The van der Waals surface area contributed by atoms with Crippen molar-refractivity contribution in [1.29, 1.82) is 0 Å². The van der Waals surface area contributed by atoms with Crippen LogP contribution in [0.15, 0.2) is 60.8 Å². The minimum absolute atomic E-state index is 0.0942. The Morgan fingerprint density at radius 2 is 0.722 bits per heavy atom. The second kappa shape index (κ2) is 42.8. The Kier molecular flexibility index (Phi) is 40.6. The van der Waals surface area contributed by atoms with Crippen LogP contribution in [-0.4, -0.2) is 37.2 Å². The monoisotopic (exact) mass is 755 g/mol. The van der Waals surface area contributed by atoms with E-state index in [1.807, 2.05) is 54.7 Å². The molecule has 0 spiro atoms. The number of ether oxygens (including phenoxy) is 3. The summed E-state index contributed by atoms with van der Waals surface area (Å²) in [7, 11) is 0. The van der Waals surface area contributed by atoms with E-state index in [0.717, 1.165) is 51.4 Å². The molecule has 0 radical (unpaired) electrons. The van der Waals surface area contributed by atoms with Gasteiger partial charge in [0, 0.05) is 19.3 Å². The number of carbonyl (C=O) groups excluding carboxylic acids is 3. The molecule has 0 aromatic heterocycles. The molecule has 0 aliphatic carbocycles. The maximum atomic E-state index is 12.7. The molecule has 0 aliphatic heterocycles. The summed E-state index contributed by atoms with van der Waals surface area (Å²) < 4.78 is 16.6. The van der Waals surface area contributed by atoms with Crippen LogP contribution in [0.1, 0.15) is 207 Å². The summed E-state index contributed by atoms with van der Waals surface area (Å²) >= 11 is 0. The van der Waals surface area contributed by atoms with Crippen molar-refractivity contribution in [3.8, 4) is 0 Å². The van der Waals surface area contributed by atoms with E-state index >= 15 is 0 Å². The Morgan fingerprint density at radius 1 is 0.389 bits per heavy atom. The second-order valence-corrected chi connectivity index (χ2v) is 14.7. The van der Waals surface area contributed by atoms with Crippen molar-refractivity contribution in [2.24, 2.45) is 0 Å². The van der Waals surface area contributed by atoms with Crippen molar-refractivity contribution >= 4 is 17.9 Å². The first kappa shape index (κ1) is 51.1. The van der Waals surface area contributed by atoms with Crippen LogP contribution in [0.3, 0.4) is 0 Å². The van der Waals surface area contributed by atoms with Crippen LogP contribution in [0.5, 0.6) is 0 Å². The van der Waals surface area contributed by atoms with Crippen molar-refractivity contribution in [2.75, 3.05) is 13.2 Å². The molecule has 0 aromatic carbocycles. The minimum Gasteiger partial charge on any atom is -0.462 e. The number of hydrogen-bond donors (Lipinski definition) is 0. The van der Waals surface area contributed by atoms with Gasteiger partial charge in [-0.15, -0.1) is 0 Å². The van der Waals surface area contributed by atoms with E-state index in [1.54, 1.807) is 0 Å². The second-order valence-electron chi connectivity index (χ2n) is 14.7. The first-order chi connectivity index (χ1) is 26.5. The lowest BCUT2D eigenvalue weighted by molar-refractivity contribution is -0.167. The Bertz CT molecular complexity index is 1010. The molecule has 6 nitrogen and oxygen atoms in total. The van der Waals surface area contributed by atoms with Crippen LogP contribution in [0.4, 0.5) is 0 Å². The van der Waals surface area contributed by atoms with Gasteiger partial charge in [0.05, 0.1) is 0 Å². The van der Waals surface area contributed by atoms with Gasteiger partial charge in [-0.2, -0.15) is 0 Å². The Morgan fingerprint density at radius 3 is 1.13 bits per heavy atom. The van der Waals surface area contributed by atoms with Gasteiger partial charge in [-0.1, -0.05) is 216 Å². The van der Waals surface area contributed by atoms with Crippen molar-refractivity contribution in [2.45, 2.75) is 213 Å². The molecule has 0 rings (SSSR count). The molecule has 0 saturated heterocycles. The van der Waals surface area contributed by atoms with E-state index in [1.165, 1.54) is 109 Å². The Labute approximate surface area is 332 Å². The van der Waals surface area contributed by atoms with Gasteiger partial charge in [0.2, 0.25) is 0 Å². The maximum absolute atomic E-state index is 12.7. The third kappa shape index (κ3) is 40.3. The lowest BCUT2D eigenvalue weighted by atomic mass is 10.0. The van der Waals surface area contributed by atoms with Gasteiger partial charge in [-0.3, -0.25) is 14.4 Å². The number of rotatable bonds is 39. The van der Waals surface area contributed by atoms with Crippen molar-refractivity contribution < 1.29 is 28.6 Å². The predicted molar refractivity (Wildman–Crippen MR) is 228 cm³/mol. The van der Waals surface area contributed by atoms with Crippen LogP contribution in [0.25, 0.3) is 0 Å². The SMILES string of the molecule is CC\C=C/C=C\C=C/C=C\C=C/CCCC(=O)OCC(COC(=O)CCCCCCCCCCCCC)OC(=O)CCCCCCCCCCCCCC. The largest absolute Gasteiger partial charge is 0.462 e. The molecule has 0 aliphatic rings. The summed E-state index contributed by atoms with van der Waals surface area (Å²) in [5, 5.41) is 0. The highest BCUT2D eigenvalue weighted by Gasteiger charge is 2.19. The van der Waals surface area contributed by atoms with E-state index in [4.69, 9.17) is 14.2 Å². The molecular formula is C48H82O6. The summed E-state index contributed by atoms with van der Waals surface area (Å²) in [4.78, 5) is 37.6. The summed E-state index contributed by atoms with van der Waals surface area (Å²) in [6.07, 6.45) is 50.6. The van der Waals surface area contributed by atoms with Crippen LogP contribution in [0, 0.1) is 0 Å². The molecule has 6 heteroatoms. The maximum Gasteiger partial charge on any atom is 0.306 e. The van der Waals surface area contributed by atoms with E-state index < -0.39 is 6.10 Å². The number of unbranched alkanes of at least 4 members (excludes halogenated alkanes) is 22. The summed E-state index contributed by atoms with van der Waals surface area (Å²) in [6.45, 7) is 6.40. The zero-order valence-corrected chi connectivity index (χ0v) is 35.2. The van der Waals surface area contributed by atoms with Crippen LogP contribution in [0.2, 0.25) is 0 Å². The highest BCUT2D eigenvalue weighted by atomic mass is 16.6. The Balaban J connectivity index is 4.49. The van der Waals surface area contributed by atoms with Gasteiger partial charge in [0.25, 0.3) is 0 Å². The minimum atomic E-state index is -0.796. The fourth-order valence-corrected chi connectivity index (χ4v) is 6.06. The molecule has 0 N–H and O–H groups in total. The molecule has 0 fully saturated rings. The lowest BCUT2D eigenvalue weighted by Crippen LogP contribution is -2.30. The molecule has 0 amide bonds. The van der Waals surface area contributed by atoms with E-state index in [0.29, 0.717) is 19.3 Å². The van der Waals surface area contributed by atoms with Gasteiger partial charge in [0.1, 0.15) is 13.2 Å². The summed E-state index contributed by atoms with van der Waals surface area (Å²) in [6, 6.07) is 0. The molecule has 0 heterocycles. The average molecular weight is 755 g/mol. The van der Waals surface area contributed by atoms with Gasteiger partial charge in [-0.25, -0.2) is 0 Å². The number of carbonyl (C=O) groups is 3. The normalized spacial score (nSPS) is 12.6. The zero-order valence-electron chi connectivity index (χ0n) is 35.2. The quantitative estimate of drug-likeness (QED) is 0.0269. The fourth-order valence-electron chi connectivity index (χ4n) is 6.06. The Hall–Kier alpha value is -2.89. The first-order valence-corrected chi connectivity index (χ1v) is 22.4. The van der Waals surface area contributed by atoms with Gasteiger partial charge < -0.3 is 14.2 Å². The van der Waals surface area contributed by atoms with E-state index in [2.05, 4.69) is 26.8 Å². The van der Waals surface area contributed by atoms with Crippen LogP contribution < -0.4 is 0 Å². The highest BCUT2D eigenvalue weighted by molar-refractivity contribution is 5.71. The molecular weight excluding hydrogens is 673 g/mol. The number of esters is 3. The predicted octanol–water partition coefficient (Wildman–Crippen LogP) is 14.1. The lowest BCUT2D eigenvalue weighted by Gasteiger charge is -2.18. The smallest absolute Gasteiger partial charge is 0.306 e. The van der Waals surface area contributed by atoms with Crippen molar-refractivity contribution in [3.05, 3.63) is 60.8 Å². The van der Waals surface area contributed by atoms with Crippen LogP contribution in [-0.2, 0) is 28.6 Å². The fraction of sp³-hybridized carbons (Fsp3) is 0.729. The number of allylic oxidation sites excluding steroid dienone is 10. The van der Waals surface area contributed by atoms with Crippen molar-refractivity contribution in [3.63, 3.8) is 0 Å². The summed E-state index contributed by atoms with van der Waals surface area (Å²) in [5.41, 5.74) is 0. The average Bonchev–Trinajstić information content (AvgIpc) is 3.17.